The summed E-state index contributed by atoms with van der Waals surface area (Å²) in [5.74, 6) is 0.572. The van der Waals surface area contributed by atoms with E-state index in [9.17, 15) is 10.1 Å². The van der Waals surface area contributed by atoms with E-state index in [1.807, 2.05) is 49.4 Å². The first-order valence-corrected chi connectivity index (χ1v) is 11.8. The van der Waals surface area contributed by atoms with Gasteiger partial charge in [0, 0.05) is 11.6 Å². The summed E-state index contributed by atoms with van der Waals surface area (Å²) in [7, 11) is 1.56. The number of fused-ring (bicyclic) bond motifs is 1. The molecule has 0 radical (unpaired) electrons. The fourth-order valence-electron chi connectivity index (χ4n) is 4.22. The summed E-state index contributed by atoms with van der Waals surface area (Å²) >= 11 is 0. The Morgan fingerprint density at radius 3 is 2.58 bits per heavy atom. The Balaban J connectivity index is 1.44. The second-order valence-electron chi connectivity index (χ2n) is 8.68. The van der Waals surface area contributed by atoms with Gasteiger partial charge in [-0.2, -0.15) is 5.26 Å². The number of furan rings is 1. The summed E-state index contributed by atoms with van der Waals surface area (Å²) in [6.07, 6.45) is 1.39. The number of aryl methyl sites for hydroxylation is 1. The summed E-state index contributed by atoms with van der Waals surface area (Å²) in [5.41, 5.74) is 10.1. The molecule has 38 heavy (non-hydrogen) atoms. The third kappa shape index (κ3) is 4.90. The fraction of sp³-hybridized carbons (Fsp3) is 0.133. The van der Waals surface area contributed by atoms with Gasteiger partial charge in [-0.05, 0) is 48.4 Å². The first-order valence-electron chi connectivity index (χ1n) is 11.8. The van der Waals surface area contributed by atoms with Crippen LogP contribution in [0.5, 0.6) is 23.0 Å². The van der Waals surface area contributed by atoms with Gasteiger partial charge in [-0.25, -0.2) is 4.79 Å². The van der Waals surface area contributed by atoms with Gasteiger partial charge in [-0.1, -0.05) is 42.0 Å². The van der Waals surface area contributed by atoms with Crippen LogP contribution >= 0.6 is 0 Å². The van der Waals surface area contributed by atoms with Crippen LogP contribution in [0.15, 0.2) is 94.9 Å². The minimum absolute atomic E-state index is 0.0295. The fourth-order valence-corrected chi connectivity index (χ4v) is 4.22. The quantitative estimate of drug-likeness (QED) is 0.253. The van der Waals surface area contributed by atoms with Crippen molar-refractivity contribution in [2.24, 2.45) is 5.73 Å². The van der Waals surface area contributed by atoms with Crippen LogP contribution in [0.3, 0.4) is 0 Å². The molecule has 0 aliphatic carbocycles. The van der Waals surface area contributed by atoms with Crippen LogP contribution < -0.4 is 24.7 Å². The van der Waals surface area contributed by atoms with Gasteiger partial charge < -0.3 is 29.1 Å². The van der Waals surface area contributed by atoms with Crippen molar-refractivity contribution >= 4 is 5.97 Å². The average molecular weight is 509 g/mol. The number of carbonyl (C=O) groups is 1. The molecule has 1 aliphatic heterocycles. The summed E-state index contributed by atoms with van der Waals surface area (Å²) in [5, 5.41) is 9.91. The minimum Gasteiger partial charge on any atom is -0.493 e. The number of benzene rings is 3. The molecule has 190 valence electrons. The molecular formula is C30H24N2O6. The maximum atomic E-state index is 12.3. The molecule has 1 unspecified atom stereocenters. The molecule has 3 aromatic carbocycles. The van der Waals surface area contributed by atoms with Crippen LogP contribution in [0, 0.1) is 18.3 Å². The van der Waals surface area contributed by atoms with E-state index in [1.54, 1.807) is 31.4 Å². The zero-order chi connectivity index (χ0) is 26.6. The highest BCUT2D eigenvalue weighted by molar-refractivity contribution is 5.88. The summed E-state index contributed by atoms with van der Waals surface area (Å²) in [4.78, 5) is 12.3. The molecule has 8 heteroatoms. The van der Waals surface area contributed by atoms with Crippen molar-refractivity contribution in [2.75, 3.05) is 7.11 Å². The number of carbonyl (C=O) groups excluding carboxylic acids is 1. The predicted octanol–water partition coefficient (Wildman–Crippen LogP) is 5.61. The normalized spacial score (nSPS) is 14.2. The van der Waals surface area contributed by atoms with Gasteiger partial charge in [0.05, 0.1) is 19.3 Å². The Morgan fingerprint density at radius 2 is 1.87 bits per heavy atom. The average Bonchev–Trinajstić information content (AvgIpc) is 3.47. The van der Waals surface area contributed by atoms with Gasteiger partial charge in [0.25, 0.3) is 0 Å². The Bertz CT molecular complexity index is 1550. The first-order chi connectivity index (χ1) is 18.5. The van der Waals surface area contributed by atoms with Crippen molar-refractivity contribution in [2.45, 2.75) is 19.4 Å². The predicted molar refractivity (Wildman–Crippen MR) is 138 cm³/mol. The summed E-state index contributed by atoms with van der Waals surface area (Å²) in [6, 6.07) is 23.8. The number of nitriles is 1. The van der Waals surface area contributed by atoms with Gasteiger partial charge in [-0.15, -0.1) is 0 Å². The second kappa shape index (κ2) is 10.4. The Morgan fingerprint density at radius 1 is 1.05 bits per heavy atom. The maximum Gasteiger partial charge on any atom is 0.379 e. The molecule has 8 nitrogen and oxygen atoms in total. The zero-order valence-electron chi connectivity index (χ0n) is 20.8. The van der Waals surface area contributed by atoms with E-state index in [1.165, 1.54) is 17.9 Å². The standard InChI is InChI=1S/C30H24N2O6/c1-18-5-7-19(8-6-18)17-36-24-12-9-20(14-27(24)34-2)28-22-11-10-21(37-30(33)25-4-3-13-35-25)15-26(22)38-29(32)23(28)16-31/h3-15,28H,17,32H2,1-2H3. The molecule has 0 bridgehead atoms. The molecule has 2 N–H and O–H groups in total. The number of methoxy groups -OCH3 is 1. The van der Waals surface area contributed by atoms with Crippen molar-refractivity contribution in [3.8, 4) is 29.1 Å². The lowest BCUT2D eigenvalue weighted by molar-refractivity contribution is 0.0701. The van der Waals surface area contributed by atoms with Crippen LogP contribution in [-0.2, 0) is 6.61 Å². The van der Waals surface area contributed by atoms with Gasteiger partial charge in [-0.3, -0.25) is 0 Å². The molecule has 5 rings (SSSR count). The minimum atomic E-state index is -0.644. The Kier molecular flexibility index (Phi) is 6.74. The van der Waals surface area contributed by atoms with E-state index >= 15 is 0 Å². The maximum absolute atomic E-state index is 12.3. The number of nitrogens with zero attached hydrogens (tertiary/aromatic N) is 1. The van der Waals surface area contributed by atoms with Crippen molar-refractivity contribution < 1.29 is 28.2 Å². The number of esters is 1. The highest BCUT2D eigenvalue weighted by atomic mass is 16.5. The Labute approximate surface area is 219 Å². The molecule has 4 aromatic rings. The van der Waals surface area contributed by atoms with Crippen LogP contribution in [-0.4, -0.2) is 13.1 Å². The third-order valence-corrected chi connectivity index (χ3v) is 6.16. The van der Waals surface area contributed by atoms with E-state index < -0.39 is 11.9 Å². The second-order valence-corrected chi connectivity index (χ2v) is 8.68. The molecular weight excluding hydrogens is 484 g/mol. The van der Waals surface area contributed by atoms with E-state index in [0.29, 0.717) is 29.4 Å². The molecule has 1 aliphatic rings. The number of hydrogen-bond donors (Lipinski definition) is 1. The van der Waals surface area contributed by atoms with Crippen molar-refractivity contribution in [1.82, 2.24) is 0 Å². The zero-order valence-corrected chi connectivity index (χ0v) is 20.8. The Hall–Kier alpha value is -5.16. The molecule has 0 saturated carbocycles. The number of ether oxygens (including phenoxy) is 4. The van der Waals surface area contributed by atoms with Crippen LogP contribution in [0.1, 0.15) is 38.7 Å². The highest BCUT2D eigenvalue weighted by Gasteiger charge is 2.32. The number of allylic oxidation sites excluding steroid dienone is 1. The monoisotopic (exact) mass is 508 g/mol. The largest absolute Gasteiger partial charge is 0.493 e. The molecule has 1 aromatic heterocycles. The molecule has 0 spiro atoms. The van der Waals surface area contributed by atoms with Crippen LogP contribution in [0.4, 0.5) is 0 Å². The van der Waals surface area contributed by atoms with Gasteiger partial charge >= 0.3 is 5.97 Å². The molecule has 1 atom stereocenters. The van der Waals surface area contributed by atoms with E-state index in [4.69, 9.17) is 29.1 Å². The summed E-state index contributed by atoms with van der Waals surface area (Å²) < 4.78 is 27.9. The third-order valence-electron chi connectivity index (χ3n) is 6.16. The molecule has 0 fully saturated rings. The van der Waals surface area contributed by atoms with Gasteiger partial charge in [0.15, 0.2) is 11.5 Å². The van der Waals surface area contributed by atoms with Crippen molar-refractivity contribution in [3.05, 3.63) is 119 Å². The van der Waals surface area contributed by atoms with Crippen molar-refractivity contribution in [1.29, 1.82) is 5.26 Å². The topological polar surface area (TPSA) is 117 Å². The first kappa shape index (κ1) is 24.5. The van der Waals surface area contributed by atoms with E-state index in [2.05, 4.69) is 6.07 Å². The number of nitrogens with two attached hydrogens (primary N) is 1. The number of hydrogen-bond acceptors (Lipinski definition) is 8. The lowest BCUT2D eigenvalue weighted by Crippen LogP contribution is -2.21. The SMILES string of the molecule is COc1cc(C2C(C#N)=C(N)Oc3cc(OC(=O)c4ccco4)ccc32)ccc1OCc1ccc(C)cc1. The van der Waals surface area contributed by atoms with Gasteiger partial charge in [0.1, 0.15) is 29.7 Å². The highest BCUT2D eigenvalue weighted by Crippen LogP contribution is 2.45. The van der Waals surface area contributed by atoms with Crippen LogP contribution in [0.25, 0.3) is 0 Å². The summed E-state index contributed by atoms with van der Waals surface area (Å²) in [6.45, 7) is 2.41. The smallest absolute Gasteiger partial charge is 0.379 e. The molecule has 0 saturated heterocycles. The van der Waals surface area contributed by atoms with E-state index in [-0.39, 0.29) is 23.0 Å². The lowest BCUT2D eigenvalue weighted by atomic mass is 9.83. The van der Waals surface area contributed by atoms with E-state index in [0.717, 1.165) is 11.1 Å². The molecule has 0 amide bonds. The van der Waals surface area contributed by atoms with Gasteiger partial charge in [0.2, 0.25) is 11.6 Å². The molecule has 2 heterocycles. The number of rotatable bonds is 7. The lowest BCUT2D eigenvalue weighted by Gasteiger charge is -2.27. The van der Waals surface area contributed by atoms with Crippen LogP contribution in [0.2, 0.25) is 0 Å². The van der Waals surface area contributed by atoms with Crippen molar-refractivity contribution in [3.63, 3.8) is 0 Å².